The zero-order valence-corrected chi connectivity index (χ0v) is 11.3. The third-order valence-corrected chi connectivity index (χ3v) is 5.13. The minimum absolute atomic E-state index is 0.00977. The Kier molecular flexibility index (Phi) is 2.79. The molecular formula is C13H24N2O2. The number of nitrogens with two attached hydrogens (primary N) is 1. The molecule has 98 valence electrons. The summed E-state index contributed by atoms with van der Waals surface area (Å²) >= 11 is 0. The molecule has 1 amide bonds. The van der Waals surface area contributed by atoms with Gasteiger partial charge >= 0.3 is 0 Å². The summed E-state index contributed by atoms with van der Waals surface area (Å²) in [5, 5.41) is 3.13. The van der Waals surface area contributed by atoms with Crippen LogP contribution in [0.4, 0.5) is 0 Å². The van der Waals surface area contributed by atoms with Crippen LogP contribution >= 0.6 is 0 Å². The number of hydrogen-bond acceptors (Lipinski definition) is 3. The lowest BCUT2D eigenvalue weighted by atomic mass is 9.90. The molecule has 0 aromatic heterocycles. The second-order valence-corrected chi connectivity index (χ2v) is 6.62. The van der Waals surface area contributed by atoms with Crippen LogP contribution in [0.3, 0.4) is 0 Å². The number of rotatable bonds is 2. The van der Waals surface area contributed by atoms with Crippen molar-refractivity contribution < 1.29 is 9.53 Å². The van der Waals surface area contributed by atoms with Crippen molar-refractivity contribution in [1.82, 2.24) is 5.32 Å². The molecule has 2 fully saturated rings. The normalized spacial score (nSPS) is 29.7. The van der Waals surface area contributed by atoms with Crippen molar-refractivity contribution in [2.75, 3.05) is 13.2 Å². The van der Waals surface area contributed by atoms with Gasteiger partial charge in [-0.1, -0.05) is 27.7 Å². The molecule has 0 aromatic rings. The monoisotopic (exact) mass is 240 g/mol. The third-order valence-electron chi connectivity index (χ3n) is 5.13. The van der Waals surface area contributed by atoms with Gasteiger partial charge in [0, 0.05) is 19.3 Å². The van der Waals surface area contributed by atoms with Gasteiger partial charge in [-0.25, -0.2) is 0 Å². The van der Waals surface area contributed by atoms with Gasteiger partial charge in [0.25, 0.3) is 0 Å². The topological polar surface area (TPSA) is 64.4 Å². The van der Waals surface area contributed by atoms with Gasteiger partial charge in [-0.15, -0.1) is 0 Å². The fourth-order valence-electron chi connectivity index (χ4n) is 2.79. The molecule has 1 heterocycles. The van der Waals surface area contributed by atoms with Crippen LogP contribution in [0.5, 0.6) is 0 Å². The Morgan fingerprint density at radius 1 is 1.18 bits per heavy atom. The molecule has 0 spiro atoms. The van der Waals surface area contributed by atoms with E-state index >= 15 is 0 Å². The van der Waals surface area contributed by atoms with Crippen LogP contribution in [-0.4, -0.2) is 30.7 Å². The molecule has 4 heteroatoms. The highest BCUT2D eigenvalue weighted by Gasteiger charge is 2.66. The summed E-state index contributed by atoms with van der Waals surface area (Å²) in [4.78, 5) is 12.3. The van der Waals surface area contributed by atoms with Gasteiger partial charge in [-0.05, 0) is 23.7 Å². The molecule has 0 bridgehead atoms. The maximum Gasteiger partial charge on any atom is 0.240 e. The third kappa shape index (κ3) is 1.87. The van der Waals surface area contributed by atoms with Gasteiger partial charge in [0.05, 0.1) is 5.54 Å². The summed E-state index contributed by atoms with van der Waals surface area (Å²) in [5.74, 6) is -0.00977. The predicted molar refractivity (Wildman–Crippen MR) is 66.5 cm³/mol. The molecule has 0 radical (unpaired) electrons. The van der Waals surface area contributed by atoms with Crippen molar-refractivity contribution in [3.05, 3.63) is 0 Å². The Bertz CT molecular complexity index is 316. The van der Waals surface area contributed by atoms with E-state index in [0.717, 1.165) is 0 Å². The second-order valence-electron chi connectivity index (χ2n) is 6.62. The number of amides is 1. The van der Waals surface area contributed by atoms with E-state index < -0.39 is 5.54 Å². The van der Waals surface area contributed by atoms with Gasteiger partial charge < -0.3 is 15.8 Å². The molecule has 2 aliphatic rings. The van der Waals surface area contributed by atoms with E-state index in [2.05, 4.69) is 33.0 Å². The highest BCUT2D eigenvalue weighted by Crippen LogP contribution is 2.62. The Labute approximate surface area is 103 Å². The van der Waals surface area contributed by atoms with Gasteiger partial charge in [0.15, 0.2) is 0 Å². The zero-order valence-electron chi connectivity index (χ0n) is 11.3. The molecule has 0 atom stereocenters. The molecule has 1 aliphatic heterocycles. The highest BCUT2D eigenvalue weighted by atomic mass is 16.5. The van der Waals surface area contributed by atoms with Crippen LogP contribution in [0.25, 0.3) is 0 Å². The van der Waals surface area contributed by atoms with E-state index in [-0.39, 0.29) is 22.8 Å². The van der Waals surface area contributed by atoms with E-state index in [0.29, 0.717) is 26.1 Å². The summed E-state index contributed by atoms with van der Waals surface area (Å²) in [6, 6.07) is 0.228. The highest BCUT2D eigenvalue weighted by molar-refractivity contribution is 5.87. The van der Waals surface area contributed by atoms with E-state index in [1.165, 1.54) is 0 Å². The van der Waals surface area contributed by atoms with Gasteiger partial charge in [-0.2, -0.15) is 0 Å². The SMILES string of the molecule is CC1(C)C(NC(=O)C2(N)CCOCC2)C1(C)C. The summed E-state index contributed by atoms with van der Waals surface area (Å²) < 4.78 is 5.26. The number of carbonyl (C=O) groups is 1. The average Bonchev–Trinajstić information content (AvgIpc) is 2.62. The van der Waals surface area contributed by atoms with Crippen LogP contribution < -0.4 is 11.1 Å². The fraction of sp³-hybridized carbons (Fsp3) is 0.923. The van der Waals surface area contributed by atoms with Gasteiger partial charge in [-0.3, -0.25) is 4.79 Å². The van der Waals surface area contributed by atoms with Crippen molar-refractivity contribution in [3.63, 3.8) is 0 Å². The lowest BCUT2D eigenvalue weighted by Crippen LogP contribution is -2.57. The maximum atomic E-state index is 12.3. The smallest absolute Gasteiger partial charge is 0.240 e. The molecule has 1 aliphatic carbocycles. The van der Waals surface area contributed by atoms with Crippen molar-refractivity contribution >= 4 is 5.91 Å². The number of nitrogens with one attached hydrogen (secondary N) is 1. The summed E-state index contributed by atoms with van der Waals surface area (Å²) in [6.45, 7) is 9.91. The second kappa shape index (κ2) is 3.69. The first-order chi connectivity index (χ1) is 7.72. The van der Waals surface area contributed by atoms with Crippen molar-refractivity contribution in [3.8, 4) is 0 Å². The standard InChI is InChI=1S/C13H24N2O2/c1-11(2)9(12(11,3)4)15-10(16)13(14)5-7-17-8-6-13/h9H,5-8,14H2,1-4H3,(H,15,16). The Morgan fingerprint density at radius 2 is 1.65 bits per heavy atom. The zero-order chi connectivity index (χ0) is 12.9. The number of carbonyl (C=O) groups excluding carboxylic acids is 1. The quantitative estimate of drug-likeness (QED) is 0.758. The Balaban J connectivity index is 1.99. The van der Waals surface area contributed by atoms with E-state index in [4.69, 9.17) is 10.5 Å². The molecule has 1 saturated carbocycles. The molecule has 4 nitrogen and oxygen atoms in total. The van der Waals surface area contributed by atoms with Crippen molar-refractivity contribution in [1.29, 1.82) is 0 Å². The molecule has 2 rings (SSSR count). The lowest BCUT2D eigenvalue weighted by molar-refractivity contribution is -0.130. The maximum absolute atomic E-state index is 12.3. The van der Waals surface area contributed by atoms with Gasteiger partial charge in [0.2, 0.25) is 5.91 Å². The Morgan fingerprint density at radius 3 is 2.06 bits per heavy atom. The molecule has 17 heavy (non-hydrogen) atoms. The minimum Gasteiger partial charge on any atom is -0.381 e. The van der Waals surface area contributed by atoms with Crippen molar-refractivity contribution in [2.45, 2.75) is 52.1 Å². The average molecular weight is 240 g/mol. The first-order valence-corrected chi connectivity index (χ1v) is 6.39. The Hall–Kier alpha value is -0.610. The summed E-state index contributed by atoms with van der Waals surface area (Å²) in [6.07, 6.45) is 1.23. The van der Waals surface area contributed by atoms with E-state index in [9.17, 15) is 4.79 Å². The summed E-state index contributed by atoms with van der Waals surface area (Å²) in [5.41, 5.74) is 5.75. The first kappa shape index (κ1) is 12.8. The molecule has 0 unspecified atom stereocenters. The molecule has 0 aromatic carbocycles. The van der Waals surface area contributed by atoms with Crippen LogP contribution in [0.2, 0.25) is 0 Å². The predicted octanol–water partition coefficient (Wildman–Crippen LogP) is 1.05. The molecular weight excluding hydrogens is 216 g/mol. The fourth-order valence-corrected chi connectivity index (χ4v) is 2.79. The largest absolute Gasteiger partial charge is 0.381 e. The number of ether oxygens (including phenoxy) is 1. The lowest BCUT2D eigenvalue weighted by Gasteiger charge is -2.32. The van der Waals surface area contributed by atoms with E-state index in [1.807, 2.05) is 0 Å². The van der Waals surface area contributed by atoms with Crippen LogP contribution in [-0.2, 0) is 9.53 Å². The molecule has 1 saturated heterocycles. The van der Waals surface area contributed by atoms with Gasteiger partial charge in [0.1, 0.15) is 0 Å². The molecule has 3 N–H and O–H groups in total. The van der Waals surface area contributed by atoms with Crippen LogP contribution in [0.15, 0.2) is 0 Å². The van der Waals surface area contributed by atoms with Crippen molar-refractivity contribution in [2.24, 2.45) is 16.6 Å². The first-order valence-electron chi connectivity index (χ1n) is 6.39. The number of hydrogen-bond donors (Lipinski definition) is 2. The van der Waals surface area contributed by atoms with Crippen LogP contribution in [0.1, 0.15) is 40.5 Å². The summed E-state index contributed by atoms with van der Waals surface area (Å²) in [7, 11) is 0. The minimum atomic E-state index is -0.729. The van der Waals surface area contributed by atoms with E-state index in [1.54, 1.807) is 0 Å². The van der Waals surface area contributed by atoms with Crippen LogP contribution in [0, 0.1) is 10.8 Å².